The lowest BCUT2D eigenvalue weighted by Crippen LogP contribution is -2.05. The lowest BCUT2D eigenvalue weighted by atomic mass is 10.1. The molecule has 1 heterocycles. The zero-order valence-electron chi connectivity index (χ0n) is 9.18. The van der Waals surface area contributed by atoms with Gasteiger partial charge in [-0.25, -0.2) is 4.39 Å². The molecule has 0 aliphatic rings. The van der Waals surface area contributed by atoms with Gasteiger partial charge in [0.25, 0.3) is 0 Å². The number of carbonyl (C=O) groups is 1. The molecular weight excluding hydrogens is 294 g/mol. The summed E-state index contributed by atoms with van der Waals surface area (Å²) < 4.78 is 32.0. The Labute approximate surface area is 105 Å². The number of hydrogen-bond donors (Lipinski definition) is 0. The first kappa shape index (κ1) is 12.2. The van der Waals surface area contributed by atoms with Gasteiger partial charge >= 0.3 is 0 Å². The van der Waals surface area contributed by atoms with E-state index in [1.165, 1.54) is 6.07 Å². The smallest absolute Gasteiger partial charge is 0.201 e. The third kappa shape index (κ3) is 1.99. The molecule has 0 saturated carbocycles. The maximum atomic E-state index is 13.5. The van der Waals surface area contributed by atoms with Crippen LogP contribution in [0, 0.1) is 17.6 Å². The monoisotopic (exact) mass is 302 g/mol. The van der Waals surface area contributed by atoms with E-state index in [1.54, 1.807) is 13.8 Å². The Balaban J connectivity index is 2.69. The van der Waals surface area contributed by atoms with Crippen LogP contribution in [-0.2, 0) is 0 Å². The molecule has 1 aromatic heterocycles. The molecule has 17 heavy (non-hydrogen) atoms. The quantitative estimate of drug-likeness (QED) is 0.611. The van der Waals surface area contributed by atoms with Crippen molar-refractivity contribution in [2.45, 2.75) is 13.8 Å². The van der Waals surface area contributed by atoms with Gasteiger partial charge in [-0.1, -0.05) is 13.8 Å². The number of Topliss-reactive ketones (excluding diaryl/α,β-unsaturated/α-hetero) is 1. The highest BCUT2D eigenvalue weighted by molar-refractivity contribution is 9.10. The maximum absolute atomic E-state index is 13.5. The van der Waals surface area contributed by atoms with Crippen LogP contribution in [0.3, 0.4) is 0 Å². The average Bonchev–Trinajstić information content (AvgIpc) is 2.70. The minimum Gasteiger partial charge on any atom is -0.450 e. The third-order valence-corrected chi connectivity index (χ3v) is 3.08. The number of hydrogen-bond acceptors (Lipinski definition) is 2. The van der Waals surface area contributed by atoms with Crippen molar-refractivity contribution in [3.05, 3.63) is 34.0 Å². The fourth-order valence-electron chi connectivity index (χ4n) is 1.50. The van der Waals surface area contributed by atoms with E-state index in [1.807, 2.05) is 0 Å². The molecule has 5 heteroatoms. The molecule has 0 amide bonds. The van der Waals surface area contributed by atoms with Gasteiger partial charge in [-0.15, -0.1) is 0 Å². The molecule has 2 rings (SSSR count). The van der Waals surface area contributed by atoms with Crippen LogP contribution in [0.15, 0.2) is 21.0 Å². The summed E-state index contributed by atoms with van der Waals surface area (Å²) >= 11 is 3.10. The second-order valence-corrected chi connectivity index (χ2v) is 4.88. The number of benzene rings is 1. The van der Waals surface area contributed by atoms with E-state index < -0.39 is 11.6 Å². The van der Waals surface area contributed by atoms with Crippen LogP contribution in [0.5, 0.6) is 0 Å². The molecule has 0 radical (unpaired) electrons. The molecule has 1 aromatic carbocycles. The first-order valence-electron chi connectivity index (χ1n) is 5.03. The van der Waals surface area contributed by atoms with Crippen LogP contribution >= 0.6 is 15.9 Å². The summed E-state index contributed by atoms with van der Waals surface area (Å²) in [5.41, 5.74) is -0.235. The van der Waals surface area contributed by atoms with Gasteiger partial charge in [-0.3, -0.25) is 4.79 Å². The molecule has 2 nitrogen and oxygen atoms in total. The minimum atomic E-state index is -1.08. The normalized spacial score (nSPS) is 11.4. The van der Waals surface area contributed by atoms with Crippen LogP contribution in [0.25, 0.3) is 11.0 Å². The third-order valence-electron chi connectivity index (χ3n) is 2.42. The Morgan fingerprint density at radius 3 is 2.59 bits per heavy atom. The van der Waals surface area contributed by atoms with Gasteiger partial charge in [-0.2, -0.15) is 4.39 Å². The van der Waals surface area contributed by atoms with Crippen molar-refractivity contribution in [1.82, 2.24) is 0 Å². The zero-order chi connectivity index (χ0) is 12.7. The van der Waals surface area contributed by atoms with E-state index in [4.69, 9.17) is 4.42 Å². The number of fused-ring (bicyclic) bond motifs is 1. The maximum Gasteiger partial charge on any atom is 0.201 e. The largest absolute Gasteiger partial charge is 0.450 e. The van der Waals surface area contributed by atoms with Gasteiger partial charge in [0.05, 0.1) is 0 Å². The van der Waals surface area contributed by atoms with E-state index in [-0.39, 0.29) is 23.0 Å². The molecule has 0 unspecified atom stereocenters. The second-order valence-electron chi connectivity index (χ2n) is 4.03. The summed E-state index contributed by atoms with van der Waals surface area (Å²) in [6.07, 6.45) is 0. The highest BCUT2D eigenvalue weighted by Gasteiger charge is 2.20. The topological polar surface area (TPSA) is 30.2 Å². The van der Waals surface area contributed by atoms with Crippen molar-refractivity contribution < 1.29 is 18.0 Å². The van der Waals surface area contributed by atoms with E-state index in [9.17, 15) is 13.6 Å². The lowest BCUT2D eigenvalue weighted by Gasteiger charge is -1.98. The van der Waals surface area contributed by atoms with Crippen molar-refractivity contribution in [3.63, 3.8) is 0 Å². The van der Waals surface area contributed by atoms with Gasteiger partial charge in [0.2, 0.25) is 11.6 Å². The molecule has 0 spiro atoms. The molecule has 0 aliphatic carbocycles. The summed E-state index contributed by atoms with van der Waals surface area (Å²) in [7, 11) is 0. The summed E-state index contributed by atoms with van der Waals surface area (Å²) in [5, 5.41) is 0.355. The average molecular weight is 303 g/mol. The van der Waals surface area contributed by atoms with Crippen LogP contribution < -0.4 is 0 Å². The zero-order valence-corrected chi connectivity index (χ0v) is 10.8. The summed E-state index contributed by atoms with van der Waals surface area (Å²) in [5.74, 6) is -2.55. The molecule has 2 aromatic rings. The lowest BCUT2D eigenvalue weighted by molar-refractivity contribution is 0.0913. The van der Waals surface area contributed by atoms with Gasteiger partial charge in [0, 0.05) is 15.8 Å². The molecule has 0 atom stereocenters. The fraction of sp³-hybridized carbons (Fsp3) is 0.250. The summed E-state index contributed by atoms with van der Waals surface area (Å²) in [6, 6.07) is 2.43. The van der Waals surface area contributed by atoms with Crippen molar-refractivity contribution in [2.24, 2.45) is 5.92 Å². The van der Waals surface area contributed by atoms with Crippen LogP contribution in [-0.4, -0.2) is 5.78 Å². The molecule has 0 fully saturated rings. The number of ketones is 1. The summed E-state index contributed by atoms with van der Waals surface area (Å²) in [6.45, 7) is 3.42. The van der Waals surface area contributed by atoms with Crippen molar-refractivity contribution >= 4 is 32.7 Å². The number of carbonyl (C=O) groups excluding carboxylic acids is 1. The van der Waals surface area contributed by atoms with Crippen LogP contribution in [0.4, 0.5) is 8.78 Å². The summed E-state index contributed by atoms with van der Waals surface area (Å²) in [4.78, 5) is 11.7. The van der Waals surface area contributed by atoms with Crippen molar-refractivity contribution in [1.29, 1.82) is 0 Å². The van der Waals surface area contributed by atoms with Gasteiger partial charge in [0.15, 0.2) is 17.2 Å². The van der Waals surface area contributed by atoms with Crippen LogP contribution in [0.1, 0.15) is 24.4 Å². The number of rotatable bonds is 2. The van der Waals surface area contributed by atoms with Gasteiger partial charge in [0.1, 0.15) is 0 Å². The molecule has 0 bridgehead atoms. The molecule has 0 N–H and O–H groups in total. The SMILES string of the molecule is CC(C)C(=O)c1cc2c(Br)cc(F)c(F)c2o1. The minimum absolute atomic E-state index is 0.0419. The Kier molecular flexibility index (Phi) is 3.03. The van der Waals surface area contributed by atoms with E-state index in [0.717, 1.165) is 6.07 Å². The van der Waals surface area contributed by atoms with Gasteiger partial charge in [-0.05, 0) is 28.1 Å². The molecular formula is C12H9BrF2O2. The first-order chi connectivity index (χ1) is 7.91. The number of furan rings is 1. The fourth-order valence-corrected chi connectivity index (χ4v) is 1.99. The highest BCUT2D eigenvalue weighted by atomic mass is 79.9. The van der Waals surface area contributed by atoms with E-state index in [2.05, 4.69) is 15.9 Å². The van der Waals surface area contributed by atoms with Crippen molar-refractivity contribution in [3.8, 4) is 0 Å². The molecule has 0 saturated heterocycles. The molecule has 90 valence electrons. The predicted octanol–water partition coefficient (Wildman–Crippen LogP) is 4.31. The highest BCUT2D eigenvalue weighted by Crippen LogP contribution is 2.31. The Morgan fingerprint density at radius 2 is 2.00 bits per heavy atom. The number of halogens is 3. The standard InChI is InChI=1S/C12H9BrF2O2/c1-5(2)11(16)9-3-6-7(13)4-8(14)10(15)12(6)17-9/h3-5H,1-2H3. The second kappa shape index (κ2) is 4.22. The Morgan fingerprint density at radius 1 is 1.35 bits per heavy atom. The Hall–Kier alpha value is -1.23. The van der Waals surface area contributed by atoms with Crippen LogP contribution in [0.2, 0.25) is 0 Å². The van der Waals surface area contributed by atoms with E-state index >= 15 is 0 Å². The van der Waals surface area contributed by atoms with Crippen molar-refractivity contribution in [2.75, 3.05) is 0 Å². The Bertz CT molecular complexity index is 602. The van der Waals surface area contributed by atoms with Gasteiger partial charge < -0.3 is 4.42 Å². The first-order valence-corrected chi connectivity index (χ1v) is 5.82. The molecule has 0 aliphatic heterocycles. The van der Waals surface area contributed by atoms with E-state index in [0.29, 0.717) is 9.86 Å². The predicted molar refractivity (Wildman–Crippen MR) is 63.0 cm³/mol.